The first-order chi connectivity index (χ1) is 12.7. The van der Waals surface area contributed by atoms with Crippen LogP contribution >= 0.6 is 11.6 Å². The summed E-state index contributed by atoms with van der Waals surface area (Å²) < 4.78 is 58.6. The molecule has 0 bridgehead atoms. The standard InChI is InChI=1S/C18H13ClF2O5S/c1-10-6-17(22)26-15-8-16(14(19)7-13(10)15)25-9-11-2-4-12(5-3-11)27(23,24)18(20)21/h2-8,18H,9H2,1H3. The van der Waals surface area contributed by atoms with E-state index in [-0.39, 0.29) is 12.4 Å². The highest BCUT2D eigenvalue weighted by atomic mass is 35.5. The highest BCUT2D eigenvalue weighted by Crippen LogP contribution is 2.31. The fraction of sp³-hybridized carbons (Fsp3) is 0.167. The largest absolute Gasteiger partial charge is 0.487 e. The second-order valence-corrected chi connectivity index (χ2v) is 8.09. The molecule has 0 N–H and O–H groups in total. The maximum absolute atomic E-state index is 12.5. The minimum atomic E-state index is -4.64. The van der Waals surface area contributed by atoms with Crippen molar-refractivity contribution < 1.29 is 26.4 Å². The van der Waals surface area contributed by atoms with Gasteiger partial charge in [-0.25, -0.2) is 13.2 Å². The average molecular weight is 415 g/mol. The van der Waals surface area contributed by atoms with Crippen LogP contribution in [0.25, 0.3) is 11.0 Å². The SMILES string of the molecule is Cc1cc(=O)oc2cc(OCc3ccc(S(=O)(=O)C(F)F)cc3)c(Cl)cc12. The second kappa shape index (κ2) is 7.28. The van der Waals surface area contributed by atoms with E-state index in [0.717, 1.165) is 12.1 Å². The van der Waals surface area contributed by atoms with Gasteiger partial charge < -0.3 is 9.15 Å². The van der Waals surface area contributed by atoms with E-state index in [1.54, 1.807) is 13.0 Å². The number of hydrogen-bond acceptors (Lipinski definition) is 5. The third-order valence-electron chi connectivity index (χ3n) is 3.88. The third kappa shape index (κ3) is 3.96. The number of halogens is 3. The van der Waals surface area contributed by atoms with Gasteiger partial charge in [0.05, 0.1) is 9.92 Å². The molecule has 3 aromatic rings. The molecule has 3 rings (SSSR count). The Labute approximate surface area is 158 Å². The van der Waals surface area contributed by atoms with Crippen LogP contribution in [-0.2, 0) is 16.4 Å². The minimum Gasteiger partial charge on any atom is -0.487 e. The molecule has 0 aliphatic carbocycles. The molecule has 0 atom stereocenters. The van der Waals surface area contributed by atoms with Crippen molar-refractivity contribution in [2.75, 3.05) is 0 Å². The highest BCUT2D eigenvalue weighted by Gasteiger charge is 2.26. The van der Waals surface area contributed by atoms with Crippen LogP contribution in [0.2, 0.25) is 5.02 Å². The molecule has 0 aliphatic rings. The minimum absolute atomic E-state index is 0.0102. The number of fused-ring (bicyclic) bond motifs is 1. The summed E-state index contributed by atoms with van der Waals surface area (Å²) in [6.07, 6.45) is 0. The number of ether oxygens (including phenoxy) is 1. The topological polar surface area (TPSA) is 73.6 Å². The van der Waals surface area contributed by atoms with Crippen molar-refractivity contribution in [2.24, 2.45) is 0 Å². The van der Waals surface area contributed by atoms with Gasteiger partial charge in [0.15, 0.2) is 0 Å². The zero-order valence-corrected chi connectivity index (χ0v) is 15.5. The summed E-state index contributed by atoms with van der Waals surface area (Å²) in [5, 5.41) is 0.977. The van der Waals surface area contributed by atoms with Gasteiger partial charge in [0.25, 0.3) is 0 Å². The van der Waals surface area contributed by atoms with E-state index in [1.165, 1.54) is 24.3 Å². The highest BCUT2D eigenvalue weighted by molar-refractivity contribution is 7.91. The maximum Gasteiger partial charge on any atom is 0.341 e. The summed E-state index contributed by atoms with van der Waals surface area (Å²) in [5.41, 5.74) is 1.08. The first-order valence-corrected chi connectivity index (χ1v) is 9.59. The van der Waals surface area contributed by atoms with Crippen molar-refractivity contribution in [3.8, 4) is 5.75 Å². The summed E-state index contributed by atoms with van der Waals surface area (Å²) in [7, 11) is -4.64. The molecule has 0 spiro atoms. The Balaban J connectivity index is 1.83. The number of alkyl halides is 2. The van der Waals surface area contributed by atoms with Gasteiger partial charge in [0.1, 0.15) is 17.9 Å². The lowest BCUT2D eigenvalue weighted by Crippen LogP contribution is -2.11. The molecule has 1 heterocycles. The Morgan fingerprint density at radius 2 is 1.81 bits per heavy atom. The molecule has 0 aliphatic heterocycles. The van der Waals surface area contributed by atoms with E-state index in [1.807, 2.05) is 0 Å². The summed E-state index contributed by atoms with van der Waals surface area (Å²) >= 11 is 6.19. The Morgan fingerprint density at radius 1 is 1.15 bits per heavy atom. The molecular weight excluding hydrogens is 402 g/mol. The van der Waals surface area contributed by atoms with E-state index in [2.05, 4.69) is 0 Å². The Hall–Kier alpha value is -2.45. The van der Waals surface area contributed by atoms with Crippen LogP contribution in [0, 0.1) is 6.92 Å². The molecule has 2 aromatic carbocycles. The number of benzene rings is 2. The van der Waals surface area contributed by atoms with Crippen LogP contribution in [0.4, 0.5) is 8.78 Å². The fourth-order valence-electron chi connectivity index (χ4n) is 2.47. The molecular formula is C18H13ClF2O5S. The van der Waals surface area contributed by atoms with E-state index in [0.29, 0.717) is 27.1 Å². The van der Waals surface area contributed by atoms with Crippen LogP contribution in [0.1, 0.15) is 11.1 Å². The van der Waals surface area contributed by atoms with Crippen LogP contribution < -0.4 is 10.4 Å². The van der Waals surface area contributed by atoms with Crippen molar-refractivity contribution in [3.63, 3.8) is 0 Å². The van der Waals surface area contributed by atoms with Gasteiger partial charge in [-0.2, -0.15) is 8.78 Å². The lowest BCUT2D eigenvalue weighted by Gasteiger charge is -2.10. The summed E-state index contributed by atoms with van der Waals surface area (Å²) in [5.74, 6) is -3.21. The smallest absolute Gasteiger partial charge is 0.341 e. The molecule has 142 valence electrons. The van der Waals surface area contributed by atoms with E-state index >= 15 is 0 Å². The molecule has 0 amide bonds. The van der Waals surface area contributed by atoms with Gasteiger partial charge in [-0.1, -0.05) is 23.7 Å². The van der Waals surface area contributed by atoms with Crippen LogP contribution in [0.15, 0.2) is 56.6 Å². The number of sulfone groups is 1. The van der Waals surface area contributed by atoms with Gasteiger partial charge in [-0.3, -0.25) is 0 Å². The Morgan fingerprint density at radius 3 is 2.44 bits per heavy atom. The molecule has 9 heteroatoms. The second-order valence-electron chi connectivity index (χ2n) is 5.77. The van der Waals surface area contributed by atoms with Gasteiger partial charge >= 0.3 is 11.4 Å². The molecule has 5 nitrogen and oxygen atoms in total. The van der Waals surface area contributed by atoms with Crippen LogP contribution in [0.5, 0.6) is 5.75 Å². The lowest BCUT2D eigenvalue weighted by atomic mass is 10.1. The van der Waals surface area contributed by atoms with Crippen molar-refractivity contribution in [1.82, 2.24) is 0 Å². The van der Waals surface area contributed by atoms with Gasteiger partial charge in [0, 0.05) is 17.5 Å². The average Bonchev–Trinajstić information content (AvgIpc) is 2.61. The molecule has 0 saturated carbocycles. The number of aryl methyl sites for hydroxylation is 1. The van der Waals surface area contributed by atoms with Gasteiger partial charge in [-0.15, -0.1) is 0 Å². The van der Waals surface area contributed by atoms with Crippen molar-refractivity contribution in [2.45, 2.75) is 24.2 Å². The van der Waals surface area contributed by atoms with Crippen molar-refractivity contribution in [1.29, 1.82) is 0 Å². The zero-order valence-electron chi connectivity index (χ0n) is 13.9. The van der Waals surface area contributed by atoms with E-state index in [4.69, 9.17) is 20.8 Å². The van der Waals surface area contributed by atoms with Crippen LogP contribution in [-0.4, -0.2) is 14.2 Å². The van der Waals surface area contributed by atoms with Gasteiger partial charge in [0.2, 0.25) is 9.84 Å². The molecule has 0 radical (unpaired) electrons. The zero-order chi connectivity index (χ0) is 19.8. The van der Waals surface area contributed by atoms with Gasteiger partial charge in [-0.05, 0) is 36.2 Å². The number of hydrogen-bond donors (Lipinski definition) is 0. The number of rotatable bonds is 5. The summed E-state index contributed by atoms with van der Waals surface area (Å²) in [6, 6.07) is 9.37. The predicted octanol–water partition coefficient (Wildman–Crippen LogP) is 4.33. The van der Waals surface area contributed by atoms with Crippen molar-refractivity contribution >= 4 is 32.4 Å². The lowest BCUT2D eigenvalue weighted by molar-refractivity contribution is 0.234. The molecule has 1 aromatic heterocycles. The normalized spacial score (nSPS) is 11.9. The molecule has 0 unspecified atom stereocenters. The summed E-state index contributed by atoms with van der Waals surface area (Å²) in [6.45, 7) is 1.77. The first kappa shape index (κ1) is 19.3. The molecule has 0 fully saturated rings. The maximum atomic E-state index is 12.5. The summed E-state index contributed by atoms with van der Waals surface area (Å²) in [4.78, 5) is 11.0. The monoisotopic (exact) mass is 414 g/mol. The third-order valence-corrected chi connectivity index (χ3v) is 5.58. The van der Waals surface area contributed by atoms with Crippen LogP contribution in [0.3, 0.4) is 0 Å². The molecule has 0 saturated heterocycles. The predicted molar refractivity (Wildman–Crippen MR) is 96.2 cm³/mol. The first-order valence-electron chi connectivity index (χ1n) is 7.66. The van der Waals surface area contributed by atoms with E-state index < -0.39 is 26.1 Å². The van der Waals surface area contributed by atoms with Crippen molar-refractivity contribution in [3.05, 3.63) is 69.0 Å². The quantitative estimate of drug-likeness (QED) is 0.581. The Bertz CT molecular complexity index is 1150. The van der Waals surface area contributed by atoms with E-state index in [9.17, 15) is 22.0 Å². The fourth-order valence-corrected chi connectivity index (χ4v) is 3.41. The molecule has 27 heavy (non-hydrogen) atoms. The Kier molecular flexibility index (Phi) is 5.21.